The summed E-state index contributed by atoms with van der Waals surface area (Å²) in [4.78, 5) is 27.5. The Hall–Kier alpha value is -2.62. The summed E-state index contributed by atoms with van der Waals surface area (Å²) in [7, 11) is 1.64. The van der Waals surface area contributed by atoms with Gasteiger partial charge in [0.15, 0.2) is 0 Å². The molecule has 1 unspecified atom stereocenters. The van der Waals surface area contributed by atoms with Gasteiger partial charge in [0.2, 0.25) is 11.8 Å². The minimum absolute atomic E-state index is 0.0359. The SMILES string of the molecule is CCC1(c2cc(C)cc(OC)c2)[C@@H]2C(=O)N(Cc3ccccc3)C(=O)[C@@H]21. The van der Waals surface area contributed by atoms with E-state index < -0.39 is 0 Å². The van der Waals surface area contributed by atoms with Crippen LogP contribution in [0.4, 0.5) is 0 Å². The maximum absolute atomic E-state index is 13.0. The van der Waals surface area contributed by atoms with Gasteiger partial charge in [0.25, 0.3) is 0 Å². The molecular weight excluding hydrogens is 326 g/mol. The van der Waals surface area contributed by atoms with Gasteiger partial charge in [-0.25, -0.2) is 0 Å². The zero-order chi connectivity index (χ0) is 18.5. The van der Waals surface area contributed by atoms with Gasteiger partial charge in [0.05, 0.1) is 25.5 Å². The Kier molecular flexibility index (Phi) is 3.87. The summed E-state index contributed by atoms with van der Waals surface area (Å²) in [6, 6.07) is 15.7. The molecule has 2 fully saturated rings. The molecule has 0 spiro atoms. The van der Waals surface area contributed by atoms with Gasteiger partial charge in [-0.05, 0) is 42.2 Å². The molecule has 2 aromatic carbocycles. The second-order valence-corrected chi connectivity index (χ2v) is 7.34. The highest BCUT2D eigenvalue weighted by Gasteiger charge is 2.76. The van der Waals surface area contributed by atoms with Crippen molar-refractivity contribution in [3.05, 3.63) is 65.2 Å². The van der Waals surface area contributed by atoms with Gasteiger partial charge in [0.1, 0.15) is 5.75 Å². The van der Waals surface area contributed by atoms with E-state index in [4.69, 9.17) is 4.74 Å². The number of carbonyl (C=O) groups excluding carboxylic acids is 2. The number of hydrogen-bond donors (Lipinski definition) is 0. The third kappa shape index (κ3) is 2.28. The van der Waals surface area contributed by atoms with Crippen molar-refractivity contribution in [3.63, 3.8) is 0 Å². The number of methoxy groups -OCH3 is 1. The van der Waals surface area contributed by atoms with Crippen LogP contribution in [0, 0.1) is 18.8 Å². The molecule has 1 heterocycles. The maximum Gasteiger partial charge on any atom is 0.234 e. The number of hydrogen-bond acceptors (Lipinski definition) is 3. The van der Waals surface area contributed by atoms with Crippen molar-refractivity contribution in [1.82, 2.24) is 4.90 Å². The molecule has 0 bridgehead atoms. The Bertz CT molecular complexity index is 852. The van der Waals surface area contributed by atoms with E-state index in [1.54, 1.807) is 7.11 Å². The Morgan fingerprint density at radius 1 is 1.04 bits per heavy atom. The minimum atomic E-state index is -0.374. The van der Waals surface area contributed by atoms with Crippen LogP contribution in [0.2, 0.25) is 0 Å². The molecule has 1 saturated heterocycles. The van der Waals surface area contributed by atoms with Crippen molar-refractivity contribution in [1.29, 1.82) is 0 Å². The highest BCUT2D eigenvalue weighted by Crippen LogP contribution is 2.67. The quantitative estimate of drug-likeness (QED) is 0.777. The number of likely N-dealkylation sites (tertiary alicyclic amines) is 1. The molecule has 2 aromatic rings. The summed E-state index contributed by atoms with van der Waals surface area (Å²) in [5.41, 5.74) is 2.74. The van der Waals surface area contributed by atoms with E-state index in [9.17, 15) is 9.59 Å². The molecule has 134 valence electrons. The molecule has 0 radical (unpaired) electrons. The van der Waals surface area contributed by atoms with E-state index in [1.807, 2.05) is 49.4 Å². The number of imide groups is 1. The predicted molar refractivity (Wildman–Crippen MR) is 98.7 cm³/mol. The molecule has 1 saturated carbocycles. The number of piperidine rings is 1. The van der Waals surface area contributed by atoms with Gasteiger partial charge >= 0.3 is 0 Å². The Morgan fingerprint density at radius 2 is 1.69 bits per heavy atom. The minimum Gasteiger partial charge on any atom is -0.497 e. The molecule has 1 aliphatic carbocycles. The van der Waals surface area contributed by atoms with E-state index in [0.717, 1.165) is 28.9 Å². The Balaban J connectivity index is 1.65. The largest absolute Gasteiger partial charge is 0.497 e. The van der Waals surface area contributed by atoms with E-state index in [-0.39, 0.29) is 29.1 Å². The van der Waals surface area contributed by atoms with Gasteiger partial charge in [-0.15, -0.1) is 0 Å². The Morgan fingerprint density at radius 3 is 2.27 bits per heavy atom. The van der Waals surface area contributed by atoms with E-state index in [1.165, 1.54) is 4.90 Å². The average Bonchev–Trinajstić information content (AvgIpc) is 3.28. The molecule has 4 nitrogen and oxygen atoms in total. The standard InChI is InChI=1S/C22H23NO3/c1-4-22(16-10-14(2)11-17(12-16)26-3)18-19(22)21(25)23(20(18)24)13-15-8-6-5-7-9-15/h5-12,18-19H,4,13H2,1-3H3/t18-,19+,22?. The lowest BCUT2D eigenvalue weighted by Gasteiger charge is -2.25. The molecule has 0 aromatic heterocycles. The molecule has 26 heavy (non-hydrogen) atoms. The van der Waals surface area contributed by atoms with E-state index in [0.29, 0.717) is 6.54 Å². The third-order valence-corrected chi connectivity index (χ3v) is 5.99. The number of ether oxygens (including phenoxy) is 1. The van der Waals surface area contributed by atoms with Crippen molar-refractivity contribution in [3.8, 4) is 5.75 Å². The van der Waals surface area contributed by atoms with Crippen LogP contribution in [-0.4, -0.2) is 23.8 Å². The fourth-order valence-electron chi connectivity index (χ4n) is 4.67. The first-order valence-corrected chi connectivity index (χ1v) is 9.08. The zero-order valence-electron chi connectivity index (χ0n) is 15.4. The molecule has 2 amide bonds. The van der Waals surface area contributed by atoms with Gasteiger partial charge < -0.3 is 4.74 Å². The van der Waals surface area contributed by atoms with Crippen LogP contribution >= 0.6 is 0 Å². The van der Waals surface area contributed by atoms with Gasteiger partial charge in [-0.2, -0.15) is 0 Å². The average molecular weight is 349 g/mol. The van der Waals surface area contributed by atoms with Gasteiger partial charge in [0, 0.05) is 5.41 Å². The second kappa shape index (κ2) is 5.97. The molecule has 0 N–H and O–H groups in total. The number of amides is 2. The molecule has 4 heteroatoms. The second-order valence-electron chi connectivity index (χ2n) is 7.34. The first kappa shape index (κ1) is 16.8. The van der Waals surface area contributed by atoms with Crippen molar-refractivity contribution in [2.45, 2.75) is 32.2 Å². The monoisotopic (exact) mass is 349 g/mol. The van der Waals surface area contributed by atoms with Crippen LogP contribution < -0.4 is 4.74 Å². The topological polar surface area (TPSA) is 46.6 Å². The van der Waals surface area contributed by atoms with Crippen LogP contribution in [0.1, 0.15) is 30.0 Å². The highest BCUT2D eigenvalue weighted by atomic mass is 16.5. The van der Waals surface area contributed by atoms with Gasteiger partial charge in [-0.1, -0.05) is 43.3 Å². The smallest absolute Gasteiger partial charge is 0.234 e. The third-order valence-electron chi connectivity index (χ3n) is 5.99. The van der Waals surface area contributed by atoms with Crippen LogP contribution in [0.15, 0.2) is 48.5 Å². The van der Waals surface area contributed by atoms with Crippen LogP contribution in [0.5, 0.6) is 5.75 Å². The highest BCUT2D eigenvalue weighted by molar-refractivity contribution is 6.11. The normalized spacial score (nSPS) is 26.8. The van der Waals surface area contributed by atoms with Crippen molar-refractivity contribution >= 4 is 11.8 Å². The fraction of sp³-hybridized carbons (Fsp3) is 0.364. The summed E-state index contributed by atoms with van der Waals surface area (Å²) < 4.78 is 5.40. The number of nitrogens with zero attached hydrogens (tertiary/aromatic N) is 1. The molecular formula is C22H23NO3. The van der Waals surface area contributed by atoms with Crippen LogP contribution in [-0.2, 0) is 21.5 Å². The number of carbonyl (C=O) groups is 2. The lowest BCUT2D eigenvalue weighted by Crippen LogP contribution is -2.38. The van der Waals surface area contributed by atoms with Crippen molar-refractivity contribution in [2.24, 2.45) is 11.8 Å². The summed E-state index contributed by atoms with van der Waals surface area (Å²) in [6.07, 6.45) is 0.769. The van der Waals surface area contributed by atoms with Crippen LogP contribution in [0.25, 0.3) is 0 Å². The molecule has 2 aliphatic rings. The summed E-state index contributed by atoms with van der Waals surface area (Å²) in [6.45, 7) is 4.44. The number of aryl methyl sites for hydroxylation is 1. The first-order valence-electron chi connectivity index (χ1n) is 9.08. The lowest BCUT2D eigenvalue weighted by molar-refractivity contribution is -0.143. The molecule has 4 rings (SSSR count). The zero-order valence-corrected chi connectivity index (χ0v) is 15.4. The van der Waals surface area contributed by atoms with E-state index in [2.05, 4.69) is 13.0 Å². The first-order chi connectivity index (χ1) is 12.5. The Labute approximate surface area is 153 Å². The number of benzene rings is 2. The molecule has 1 aliphatic heterocycles. The number of fused-ring (bicyclic) bond motifs is 1. The van der Waals surface area contributed by atoms with E-state index >= 15 is 0 Å². The van der Waals surface area contributed by atoms with Gasteiger partial charge in [-0.3, -0.25) is 14.5 Å². The summed E-state index contributed by atoms with van der Waals surface area (Å²) in [5.74, 6) is 0.224. The molecule has 3 atom stereocenters. The summed E-state index contributed by atoms with van der Waals surface area (Å²) in [5, 5.41) is 0. The fourth-order valence-corrected chi connectivity index (χ4v) is 4.67. The van der Waals surface area contributed by atoms with Crippen molar-refractivity contribution < 1.29 is 14.3 Å². The number of rotatable bonds is 5. The maximum atomic E-state index is 13.0. The predicted octanol–water partition coefficient (Wildman–Crippen LogP) is 3.47. The van der Waals surface area contributed by atoms with Crippen molar-refractivity contribution in [2.75, 3.05) is 7.11 Å². The van der Waals surface area contributed by atoms with Crippen LogP contribution in [0.3, 0.4) is 0 Å². The lowest BCUT2D eigenvalue weighted by atomic mass is 9.86. The summed E-state index contributed by atoms with van der Waals surface area (Å²) >= 11 is 0.